The predicted octanol–water partition coefficient (Wildman–Crippen LogP) is 2.12. The topological polar surface area (TPSA) is 61.2 Å². The van der Waals surface area contributed by atoms with Crippen molar-refractivity contribution in [1.82, 2.24) is 19.9 Å². The summed E-state index contributed by atoms with van der Waals surface area (Å²) >= 11 is 0. The lowest BCUT2D eigenvalue weighted by molar-refractivity contribution is -0.0342. The molecule has 24 heavy (non-hydrogen) atoms. The maximum absolute atomic E-state index is 6.01. The molecule has 0 aliphatic carbocycles. The molecule has 1 aliphatic rings. The van der Waals surface area contributed by atoms with E-state index in [0.717, 1.165) is 43.9 Å². The fourth-order valence-corrected chi connectivity index (χ4v) is 3.30. The summed E-state index contributed by atoms with van der Waals surface area (Å²) in [7, 11) is 3.69. The Balaban J connectivity index is 1.52. The standard InChI is InChI=1S/C18H26N4O2/c1-22-11-10-20-17(22)16-15(6-4-12-24-16)13-19-9-7-14-5-3-8-21-18(14)23-2/h3,5,8,10-11,15-16,19H,4,6-7,9,12-13H2,1-2H3/t15-,16+/m0/s1. The van der Waals surface area contributed by atoms with E-state index in [4.69, 9.17) is 9.47 Å². The molecule has 2 aromatic rings. The molecule has 1 fully saturated rings. The predicted molar refractivity (Wildman–Crippen MR) is 92.0 cm³/mol. The number of methoxy groups -OCH3 is 1. The third-order valence-electron chi connectivity index (χ3n) is 4.58. The van der Waals surface area contributed by atoms with E-state index in [-0.39, 0.29) is 6.10 Å². The zero-order valence-electron chi connectivity index (χ0n) is 14.4. The molecule has 2 atom stereocenters. The molecular weight excluding hydrogens is 304 g/mol. The van der Waals surface area contributed by atoms with Crippen LogP contribution in [-0.2, 0) is 18.2 Å². The average Bonchev–Trinajstić information content (AvgIpc) is 3.05. The lowest BCUT2D eigenvalue weighted by atomic mass is 9.93. The summed E-state index contributed by atoms with van der Waals surface area (Å²) in [5.74, 6) is 2.19. The van der Waals surface area contributed by atoms with E-state index in [1.54, 1.807) is 13.3 Å². The summed E-state index contributed by atoms with van der Waals surface area (Å²) in [6.07, 6.45) is 8.84. The van der Waals surface area contributed by atoms with E-state index in [1.165, 1.54) is 6.42 Å². The second kappa shape index (κ2) is 8.26. The highest BCUT2D eigenvalue weighted by atomic mass is 16.5. The number of pyridine rings is 1. The van der Waals surface area contributed by atoms with E-state index >= 15 is 0 Å². The molecule has 0 spiro atoms. The highest BCUT2D eigenvalue weighted by Gasteiger charge is 2.29. The highest BCUT2D eigenvalue weighted by Crippen LogP contribution is 2.32. The first-order valence-corrected chi connectivity index (χ1v) is 8.57. The van der Waals surface area contributed by atoms with Crippen molar-refractivity contribution in [2.75, 3.05) is 26.8 Å². The monoisotopic (exact) mass is 330 g/mol. The first kappa shape index (κ1) is 16.9. The Morgan fingerprint density at radius 1 is 1.38 bits per heavy atom. The summed E-state index contributed by atoms with van der Waals surface area (Å²) in [5.41, 5.74) is 1.13. The SMILES string of the molecule is COc1ncccc1CCNC[C@@H]1CCCO[C@H]1c1nccn1C. The quantitative estimate of drug-likeness (QED) is 0.788. The maximum atomic E-state index is 6.01. The molecular formula is C18H26N4O2. The van der Waals surface area contributed by atoms with E-state index in [0.29, 0.717) is 11.8 Å². The van der Waals surface area contributed by atoms with Gasteiger partial charge in [-0.15, -0.1) is 0 Å². The Hall–Kier alpha value is -1.92. The average molecular weight is 330 g/mol. The van der Waals surface area contributed by atoms with Crippen molar-refractivity contribution in [1.29, 1.82) is 0 Å². The number of aryl methyl sites for hydroxylation is 1. The number of hydrogen-bond donors (Lipinski definition) is 1. The molecule has 1 aliphatic heterocycles. The lowest BCUT2D eigenvalue weighted by Crippen LogP contribution is -2.34. The van der Waals surface area contributed by atoms with Crippen LogP contribution < -0.4 is 10.1 Å². The fraction of sp³-hybridized carbons (Fsp3) is 0.556. The van der Waals surface area contributed by atoms with Crippen molar-refractivity contribution in [2.45, 2.75) is 25.4 Å². The number of nitrogens with one attached hydrogen (secondary N) is 1. The molecule has 130 valence electrons. The molecule has 2 aromatic heterocycles. The lowest BCUT2D eigenvalue weighted by Gasteiger charge is -2.31. The molecule has 6 heteroatoms. The van der Waals surface area contributed by atoms with Gasteiger partial charge in [-0.25, -0.2) is 9.97 Å². The second-order valence-electron chi connectivity index (χ2n) is 6.22. The number of nitrogens with zero attached hydrogens (tertiary/aromatic N) is 3. The van der Waals surface area contributed by atoms with Crippen molar-refractivity contribution in [2.24, 2.45) is 13.0 Å². The van der Waals surface area contributed by atoms with Gasteiger partial charge in [-0.3, -0.25) is 0 Å². The van der Waals surface area contributed by atoms with Gasteiger partial charge < -0.3 is 19.4 Å². The van der Waals surface area contributed by atoms with Crippen molar-refractivity contribution in [3.8, 4) is 5.88 Å². The van der Waals surface area contributed by atoms with Crippen LogP contribution in [0, 0.1) is 5.92 Å². The van der Waals surface area contributed by atoms with Gasteiger partial charge in [-0.05, 0) is 31.9 Å². The Morgan fingerprint density at radius 3 is 3.08 bits per heavy atom. The Kier molecular flexibility index (Phi) is 5.82. The molecule has 1 N–H and O–H groups in total. The third-order valence-corrected chi connectivity index (χ3v) is 4.58. The van der Waals surface area contributed by atoms with Gasteiger partial charge in [0.15, 0.2) is 0 Å². The fourth-order valence-electron chi connectivity index (χ4n) is 3.30. The van der Waals surface area contributed by atoms with Gasteiger partial charge in [0.1, 0.15) is 11.9 Å². The van der Waals surface area contributed by atoms with Gasteiger partial charge in [0.2, 0.25) is 5.88 Å². The van der Waals surface area contributed by atoms with E-state index in [1.807, 2.05) is 25.5 Å². The smallest absolute Gasteiger partial charge is 0.216 e. The minimum Gasteiger partial charge on any atom is -0.481 e. The summed E-state index contributed by atoms with van der Waals surface area (Å²) in [6, 6.07) is 4.01. The molecule has 0 aromatic carbocycles. The summed E-state index contributed by atoms with van der Waals surface area (Å²) in [5, 5.41) is 3.57. The Bertz CT molecular complexity index is 643. The van der Waals surface area contributed by atoms with Crippen molar-refractivity contribution < 1.29 is 9.47 Å². The number of rotatable bonds is 7. The third kappa shape index (κ3) is 3.94. The molecule has 0 radical (unpaired) electrons. The van der Waals surface area contributed by atoms with Crippen LogP contribution in [-0.4, -0.2) is 41.3 Å². The minimum absolute atomic E-state index is 0.0826. The molecule has 0 amide bonds. The van der Waals surface area contributed by atoms with Gasteiger partial charge in [0.25, 0.3) is 0 Å². The van der Waals surface area contributed by atoms with E-state index in [2.05, 4.69) is 25.9 Å². The summed E-state index contributed by atoms with van der Waals surface area (Å²) in [6.45, 7) is 2.65. The van der Waals surface area contributed by atoms with Gasteiger partial charge in [0, 0.05) is 50.3 Å². The first-order valence-electron chi connectivity index (χ1n) is 8.57. The van der Waals surface area contributed by atoms with Crippen molar-refractivity contribution in [3.63, 3.8) is 0 Å². The Morgan fingerprint density at radius 2 is 2.29 bits per heavy atom. The second-order valence-corrected chi connectivity index (χ2v) is 6.22. The van der Waals surface area contributed by atoms with Gasteiger partial charge in [0.05, 0.1) is 7.11 Å². The molecule has 0 unspecified atom stereocenters. The van der Waals surface area contributed by atoms with Crippen LogP contribution in [0.1, 0.15) is 30.3 Å². The molecule has 3 rings (SSSR count). The summed E-state index contributed by atoms with van der Waals surface area (Å²) < 4.78 is 13.4. The molecule has 3 heterocycles. The zero-order chi connectivity index (χ0) is 16.8. The summed E-state index contributed by atoms with van der Waals surface area (Å²) in [4.78, 5) is 8.71. The molecule has 1 saturated heterocycles. The van der Waals surface area contributed by atoms with Crippen LogP contribution in [0.2, 0.25) is 0 Å². The van der Waals surface area contributed by atoms with Crippen LogP contribution in [0.15, 0.2) is 30.7 Å². The minimum atomic E-state index is 0.0826. The normalized spacial score (nSPS) is 20.9. The van der Waals surface area contributed by atoms with Crippen molar-refractivity contribution in [3.05, 3.63) is 42.1 Å². The van der Waals surface area contributed by atoms with Crippen LogP contribution >= 0.6 is 0 Å². The van der Waals surface area contributed by atoms with Crippen LogP contribution in [0.5, 0.6) is 5.88 Å². The number of hydrogen-bond acceptors (Lipinski definition) is 5. The van der Waals surface area contributed by atoms with Crippen LogP contribution in [0.3, 0.4) is 0 Å². The van der Waals surface area contributed by atoms with Gasteiger partial charge in [-0.1, -0.05) is 6.07 Å². The zero-order valence-corrected chi connectivity index (χ0v) is 14.4. The first-order chi connectivity index (χ1) is 11.8. The molecule has 6 nitrogen and oxygen atoms in total. The van der Waals surface area contributed by atoms with Crippen LogP contribution in [0.25, 0.3) is 0 Å². The number of aromatic nitrogens is 3. The molecule has 0 saturated carbocycles. The van der Waals surface area contributed by atoms with Gasteiger partial charge in [-0.2, -0.15) is 0 Å². The van der Waals surface area contributed by atoms with Crippen molar-refractivity contribution >= 4 is 0 Å². The Labute approximate surface area is 143 Å². The van der Waals surface area contributed by atoms with E-state index in [9.17, 15) is 0 Å². The number of ether oxygens (including phenoxy) is 2. The number of imidazole rings is 1. The highest BCUT2D eigenvalue weighted by molar-refractivity contribution is 5.25. The van der Waals surface area contributed by atoms with Gasteiger partial charge >= 0.3 is 0 Å². The van der Waals surface area contributed by atoms with Crippen LogP contribution in [0.4, 0.5) is 0 Å². The maximum Gasteiger partial charge on any atom is 0.216 e. The largest absolute Gasteiger partial charge is 0.481 e. The van der Waals surface area contributed by atoms with E-state index < -0.39 is 0 Å². The molecule has 0 bridgehead atoms.